The zero-order chi connectivity index (χ0) is 15.2. The zero-order valence-electron chi connectivity index (χ0n) is 11.9. The van der Waals surface area contributed by atoms with Gasteiger partial charge < -0.3 is 20.4 Å². The number of aromatic nitrogens is 1. The first-order valence-corrected chi connectivity index (χ1v) is 6.47. The monoisotopic (exact) mass is 287 g/mol. The van der Waals surface area contributed by atoms with Crippen LogP contribution in [0.4, 0.5) is 0 Å². The third-order valence-corrected chi connectivity index (χ3v) is 2.98. The Bertz CT molecular complexity index is 656. The summed E-state index contributed by atoms with van der Waals surface area (Å²) in [6, 6.07) is 9.08. The maximum Gasteiger partial charge on any atom is 0.192 e. The molecule has 0 spiro atoms. The number of ether oxygens (including phenoxy) is 2. The van der Waals surface area contributed by atoms with Gasteiger partial charge in [0, 0.05) is 6.20 Å². The van der Waals surface area contributed by atoms with Crippen LogP contribution in [0.15, 0.2) is 41.7 Å². The number of hydrogen-bond acceptors (Lipinski definition) is 5. The molecule has 0 aliphatic carbocycles. The van der Waals surface area contributed by atoms with Gasteiger partial charge in [-0.1, -0.05) is 18.1 Å². The Morgan fingerprint density at radius 1 is 1.29 bits per heavy atom. The Morgan fingerprint density at radius 2 is 2.10 bits per heavy atom. The van der Waals surface area contributed by atoms with E-state index in [-0.39, 0.29) is 11.5 Å². The number of methoxy groups -OCH3 is 1. The van der Waals surface area contributed by atoms with E-state index >= 15 is 0 Å². The molecule has 0 saturated carbocycles. The van der Waals surface area contributed by atoms with E-state index in [2.05, 4.69) is 17.1 Å². The molecule has 0 atom stereocenters. The van der Waals surface area contributed by atoms with E-state index in [0.717, 1.165) is 12.0 Å². The second kappa shape index (κ2) is 6.60. The standard InChI is InChI=1S/C15H17N3O3/c1-3-10-6-7-11(13(9-10)20-2)21-12-5-4-8-17-14(12)15(16)18-19/h4-9,19H,3H2,1-2H3,(H2,16,18). The molecule has 6 nitrogen and oxygen atoms in total. The van der Waals surface area contributed by atoms with Crippen LogP contribution in [0, 0.1) is 0 Å². The van der Waals surface area contributed by atoms with Gasteiger partial charge in [-0.25, -0.2) is 4.98 Å². The molecule has 0 unspecified atom stereocenters. The van der Waals surface area contributed by atoms with Crippen LogP contribution >= 0.6 is 0 Å². The predicted molar refractivity (Wildman–Crippen MR) is 79.2 cm³/mol. The largest absolute Gasteiger partial charge is 0.493 e. The number of aryl methyl sites for hydroxylation is 1. The second-order valence-corrected chi connectivity index (χ2v) is 4.28. The van der Waals surface area contributed by atoms with Crippen LogP contribution in [0.25, 0.3) is 0 Å². The number of nitrogens with zero attached hydrogens (tertiary/aromatic N) is 2. The molecule has 2 aromatic rings. The summed E-state index contributed by atoms with van der Waals surface area (Å²) < 4.78 is 11.1. The summed E-state index contributed by atoms with van der Waals surface area (Å²) in [5.74, 6) is 1.42. The third kappa shape index (κ3) is 3.22. The molecule has 110 valence electrons. The fourth-order valence-corrected chi connectivity index (χ4v) is 1.85. The molecule has 0 bridgehead atoms. The molecule has 3 N–H and O–H groups in total. The van der Waals surface area contributed by atoms with Gasteiger partial charge >= 0.3 is 0 Å². The predicted octanol–water partition coefficient (Wildman–Crippen LogP) is 2.54. The van der Waals surface area contributed by atoms with Crippen LogP contribution < -0.4 is 15.2 Å². The van der Waals surface area contributed by atoms with Crippen molar-refractivity contribution >= 4 is 5.84 Å². The molecule has 0 aliphatic rings. The summed E-state index contributed by atoms with van der Waals surface area (Å²) in [4.78, 5) is 4.05. The van der Waals surface area contributed by atoms with Gasteiger partial charge in [-0.3, -0.25) is 0 Å². The van der Waals surface area contributed by atoms with E-state index in [1.807, 2.05) is 18.2 Å². The second-order valence-electron chi connectivity index (χ2n) is 4.28. The Balaban J connectivity index is 2.39. The average Bonchev–Trinajstić information content (AvgIpc) is 2.55. The molecular weight excluding hydrogens is 270 g/mol. The molecule has 1 aromatic heterocycles. The molecule has 0 aliphatic heterocycles. The normalized spacial score (nSPS) is 11.2. The number of amidine groups is 1. The maximum absolute atomic E-state index is 8.79. The topological polar surface area (TPSA) is 90.0 Å². The molecule has 21 heavy (non-hydrogen) atoms. The minimum absolute atomic E-state index is 0.116. The lowest BCUT2D eigenvalue weighted by molar-refractivity contribution is 0.318. The van der Waals surface area contributed by atoms with Crippen LogP contribution in [0.5, 0.6) is 17.2 Å². The number of rotatable bonds is 5. The average molecular weight is 287 g/mol. The van der Waals surface area contributed by atoms with Crippen LogP contribution in [0.3, 0.4) is 0 Å². The first-order valence-electron chi connectivity index (χ1n) is 6.47. The molecule has 1 aromatic carbocycles. The fraction of sp³-hybridized carbons (Fsp3) is 0.200. The van der Waals surface area contributed by atoms with Gasteiger partial charge in [-0.15, -0.1) is 0 Å². The highest BCUT2D eigenvalue weighted by Crippen LogP contribution is 2.33. The maximum atomic E-state index is 8.79. The quantitative estimate of drug-likeness (QED) is 0.382. The number of hydrogen-bond donors (Lipinski definition) is 2. The Labute approximate surface area is 122 Å². The summed E-state index contributed by atoms with van der Waals surface area (Å²) in [7, 11) is 1.58. The molecule has 1 heterocycles. The Morgan fingerprint density at radius 3 is 2.76 bits per heavy atom. The first kappa shape index (κ1) is 14.6. The Hall–Kier alpha value is -2.76. The highest BCUT2D eigenvalue weighted by Gasteiger charge is 2.13. The van der Waals surface area contributed by atoms with E-state index < -0.39 is 0 Å². The van der Waals surface area contributed by atoms with Crippen molar-refractivity contribution in [1.29, 1.82) is 0 Å². The lowest BCUT2D eigenvalue weighted by atomic mass is 10.1. The number of nitrogens with two attached hydrogens (primary N) is 1. The van der Waals surface area contributed by atoms with Gasteiger partial charge in [0.1, 0.15) is 0 Å². The number of benzene rings is 1. The van der Waals surface area contributed by atoms with Crippen molar-refractivity contribution in [1.82, 2.24) is 4.98 Å². The number of pyridine rings is 1. The highest BCUT2D eigenvalue weighted by atomic mass is 16.5. The minimum Gasteiger partial charge on any atom is -0.493 e. The minimum atomic E-state index is -0.116. The van der Waals surface area contributed by atoms with Crippen molar-refractivity contribution in [2.45, 2.75) is 13.3 Å². The third-order valence-electron chi connectivity index (χ3n) is 2.98. The number of oxime groups is 1. The zero-order valence-corrected chi connectivity index (χ0v) is 11.9. The van der Waals surface area contributed by atoms with E-state index in [1.54, 1.807) is 19.2 Å². The molecule has 0 saturated heterocycles. The van der Waals surface area contributed by atoms with Gasteiger partial charge in [0.05, 0.1) is 7.11 Å². The van der Waals surface area contributed by atoms with Crippen molar-refractivity contribution in [3.63, 3.8) is 0 Å². The van der Waals surface area contributed by atoms with Crippen molar-refractivity contribution in [2.75, 3.05) is 7.11 Å². The van der Waals surface area contributed by atoms with Crippen LogP contribution in [0.1, 0.15) is 18.2 Å². The van der Waals surface area contributed by atoms with Crippen molar-refractivity contribution in [2.24, 2.45) is 10.9 Å². The van der Waals surface area contributed by atoms with E-state index in [1.165, 1.54) is 6.20 Å². The lowest BCUT2D eigenvalue weighted by Crippen LogP contribution is -2.16. The summed E-state index contributed by atoms with van der Waals surface area (Å²) in [5.41, 5.74) is 7.00. The van der Waals surface area contributed by atoms with Crippen molar-refractivity contribution < 1.29 is 14.7 Å². The van der Waals surface area contributed by atoms with Crippen LogP contribution in [-0.2, 0) is 6.42 Å². The van der Waals surface area contributed by atoms with Crippen molar-refractivity contribution in [3.8, 4) is 17.2 Å². The highest BCUT2D eigenvalue weighted by molar-refractivity contribution is 5.97. The van der Waals surface area contributed by atoms with E-state index in [0.29, 0.717) is 17.2 Å². The van der Waals surface area contributed by atoms with Gasteiger partial charge in [-0.05, 0) is 36.2 Å². The van der Waals surface area contributed by atoms with E-state index in [4.69, 9.17) is 20.4 Å². The molecule has 0 fully saturated rings. The SMILES string of the molecule is CCc1ccc(Oc2cccnc2/C(N)=N/O)c(OC)c1. The Kier molecular flexibility index (Phi) is 4.61. The lowest BCUT2D eigenvalue weighted by Gasteiger charge is -2.13. The van der Waals surface area contributed by atoms with Crippen LogP contribution in [0.2, 0.25) is 0 Å². The molecule has 2 rings (SSSR count). The van der Waals surface area contributed by atoms with E-state index in [9.17, 15) is 0 Å². The van der Waals surface area contributed by atoms with Gasteiger partial charge in [0.15, 0.2) is 28.8 Å². The van der Waals surface area contributed by atoms with Crippen LogP contribution in [-0.4, -0.2) is 23.1 Å². The van der Waals surface area contributed by atoms with Gasteiger partial charge in [0.2, 0.25) is 0 Å². The summed E-state index contributed by atoms with van der Waals surface area (Å²) in [6.45, 7) is 2.06. The molecule has 0 radical (unpaired) electrons. The smallest absolute Gasteiger partial charge is 0.192 e. The van der Waals surface area contributed by atoms with Crippen molar-refractivity contribution in [3.05, 3.63) is 47.8 Å². The summed E-state index contributed by atoms with van der Waals surface area (Å²) in [5, 5.41) is 11.7. The molecule has 0 amide bonds. The molecule has 6 heteroatoms. The molecular formula is C15H17N3O3. The van der Waals surface area contributed by atoms with Gasteiger partial charge in [0.25, 0.3) is 0 Å². The first-order chi connectivity index (χ1) is 10.2. The fourth-order valence-electron chi connectivity index (χ4n) is 1.85. The summed E-state index contributed by atoms with van der Waals surface area (Å²) >= 11 is 0. The van der Waals surface area contributed by atoms with Gasteiger partial charge in [-0.2, -0.15) is 0 Å². The summed E-state index contributed by atoms with van der Waals surface area (Å²) in [6.07, 6.45) is 2.44.